The van der Waals surface area contributed by atoms with E-state index in [1.54, 1.807) is 14.2 Å². The van der Waals surface area contributed by atoms with Crippen molar-refractivity contribution >= 4 is 17.6 Å². The van der Waals surface area contributed by atoms with Gasteiger partial charge in [-0.2, -0.15) is 0 Å². The van der Waals surface area contributed by atoms with Gasteiger partial charge in [-0.25, -0.2) is 0 Å². The van der Waals surface area contributed by atoms with Crippen LogP contribution in [0, 0.1) is 0 Å². The number of aliphatic imine (C=N–C) groups is 1. The van der Waals surface area contributed by atoms with Crippen molar-refractivity contribution in [1.29, 1.82) is 0 Å². The van der Waals surface area contributed by atoms with Gasteiger partial charge in [-0.05, 0) is 29.8 Å². The average molecular weight is 410 g/mol. The predicted octanol–water partition coefficient (Wildman–Crippen LogP) is 2.10. The molecule has 0 atom stereocenters. The summed E-state index contributed by atoms with van der Waals surface area (Å²) < 4.78 is 5.17. The lowest BCUT2D eigenvalue weighted by Crippen LogP contribution is -2.49. The first-order chi connectivity index (χ1) is 14.7. The molecule has 1 aliphatic rings. The fourth-order valence-electron chi connectivity index (χ4n) is 3.45. The first kappa shape index (κ1) is 21.5. The third-order valence-electron chi connectivity index (χ3n) is 5.23. The van der Waals surface area contributed by atoms with Crippen molar-refractivity contribution in [3.05, 3.63) is 60.2 Å². The first-order valence-electron chi connectivity index (χ1n) is 10.3. The van der Waals surface area contributed by atoms with Gasteiger partial charge in [-0.15, -0.1) is 0 Å². The minimum atomic E-state index is 0.181. The highest BCUT2D eigenvalue weighted by Crippen LogP contribution is 2.15. The average Bonchev–Trinajstić information content (AvgIpc) is 2.82. The summed E-state index contributed by atoms with van der Waals surface area (Å²) >= 11 is 0. The van der Waals surface area contributed by atoms with Crippen LogP contribution in [0.5, 0.6) is 5.75 Å². The van der Waals surface area contributed by atoms with Crippen molar-refractivity contribution < 1.29 is 9.53 Å². The van der Waals surface area contributed by atoms with Crippen LogP contribution in [0.25, 0.3) is 0 Å². The van der Waals surface area contributed by atoms with E-state index in [1.165, 1.54) is 5.69 Å². The second-order valence-corrected chi connectivity index (χ2v) is 7.15. The Hall–Kier alpha value is -3.22. The molecule has 2 aromatic carbocycles. The Bertz CT molecular complexity index is 815. The summed E-state index contributed by atoms with van der Waals surface area (Å²) in [6, 6.07) is 18.2. The Labute approximate surface area is 178 Å². The molecular weight excluding hydrogens is 378 g/mol. The van der Waals surface area contributed by atoms with E-state index in [2.05, 4.69) is 32.7 Å². The number of piperazine rings is 1. The molecule has 2 aromatic rings. The molecule has 0 bridgehead atoms. The van der Waals surface area contributed by atoms with Crippen molar-refractivity contribution in [1.82, 2.24) is 15.5 Å². The number of ether oxygens (including phenoxy) is 1. The van der Waals surface area contributed by atoms with Crippen LogP contribution in [0.15, 0.2) is 59.6 Å². The van der Waals surface area contributed by atoms with E-state index < -0.39 is 0 Å². The maximum atomic E-state index is 12.5. The largest absolute Gasteiger partial charge is 0.497 e. The van der Waals surface area contributed by atoms with E-state index >= 15 is 0 Å². The summed E-state index contributed by atoms with van der Waals surface area (Å²) in [5.41, 5.74) is 2.35. The molecule has 0 aliphatic carbocycles. The number of guanidine groups is 1. The molecule has 2 N–H and O–H groups in total. The molecule has 1 heterocycles. The summed E-state index contributed by atoms with van der Waals surface area (Å²) in [5, 5.41) is 6.49. The zero-order chi connectivity index (χ0) is 21.2. The third-order valence-corrected chi connectivity index (χ3v) is 5.23. The normalized spacial score (nSPS) is 14.4. The quantitative estimate of drug-likeness (QED) is 0.541. The van der Waals surface area contributed by atoms with Crippen molar-refractivity contribution in [3.63, 3.8) is 0 Å². The Morgan fingerprint density at radius 2 is 1.70 bits per heavy atom. The van der Waals surface area contributed by atoms with Crippen LogP contribution in [0.1, 0.15) is 12.0 Å². The number of amides is 1. The maximum Gasteiger partial charge on any atom is 0.224 e. The van der Waals surface area contributed by atoms with Gasteiger partial charge in [0.1, 0.15) is 5.75 Å². The zero-order valence-electron chi connectivity index (χ0n) is 17.8. The Kier molecular flexibility index (Phi) is 7.94. The van der Waals surface area contributed by atoms with Gasteiger partial charge < -0.3 is 25.2 Å². The second-order valence-electron chi connectivity index (χ2n) is 7.15. The summed E-state index contributed by atoms with van der Waals surface area (Å²) in [6.07, 6.45) is 0.453. The molecule has 0 aromatic heterocycles. The van der Waals surface area contributed by atoms with E-state index in [1.807, 2.05) is 47.4 Å². The lowest BCUT2D eigenvalue weighted by molar-refractivity contribution is -0.131. The smallest absolute Gasteiger partial charge is 0.224 e. The van der Waals surface area contributed by atoms with Crippen LogP contribution in [0.3, 0.4) is 0 Å². The molecule has 0 unspecified atom stereocenters. The van der Waals surface area contributed by atoms with E-state index in [-0.39, 0.29) is 5.91 Å². The second kappa shape index (κ2) is 11.1. The van der Waals surface area contributed by atoms with Gasteiger partial charge >= 0.3 is 0 Å². The lowest BCUT2D eigenvalue weighted by Gasteiger charge is -2.36. The minimum absolute atomic E-state index is 0.181. The number of hydrogen-bond acceptors (Lipinski definition) is 4. The number of carbonyl (C=O) groups excluding carboxylic acids is 1. The molecular formula is C23H31N5O2. The van der Waals surface area contributed by atoms with Gasteiger partial charge in [-0.1, -0.05) is 30.3 Å². The Balaban J connectivity index is 1.36. The number of nitrogens with zero attached hydrogens (tertiary/aromatic N) is 3. The molecule has 3 rings (SSSR count). The van der Waals surface area contributed by atoms with E-state index in [0.717, 1.165) is 37.5 Å². The minimum Gasteiger partial charge on any atom is -0.497 e. The summed E-state index contributed by atoms with van der Waals surface area (Å²) in [5.74, 6) is 1.71. The summed E-state index contributed by atoms with van der Waals surface area (Å²) in [7, 11) is 3.39. The molecule has 30 heavy (non-hydrogen) atoms. The van der Waals surface area contributed by atoms with Crippen molar-refractivity contribution in [2.75, 3.05) is 51.8 Å². The molecule has 0 radical (unpaired) electrons. The van der Waals surface area contributed by atoms with Gasteiger partial charge in [0.15, 0.2) is 5.96 Å². The zero-order valence-corrected chi connectivity index (χ0v) is 17.8. The summed E-state index contributed by atoms with van der Waals surface area (Å²) in [6.45, 7) is 4.47. The van der Waals surface area contributed by atoms with Gasteiger partial charge in [0.05, 0.1) is 7.11 Å². The molecule has 0 spiro atoms. The van der Waals surface area contributed by atoms with E-state index in [0.29, 0.717) is 25.5 Å². The number of nitrogens with one attached hydrogen (secondary N) is 2. The number of benzene rings is 2. The number of anilines is 1. The molecule has 7 heteroatoms. The molecule has 160 valence electrons. The SMILES string of the molecule is CN=C(NCCC(=O)N1CCN(c2ccccc2)CC1)NCc1ccc(OC)cc1. The lowest BCUT2D eigenvalue weighted by atomic mass is 10.2. The van der Waals surface area contributed by atoms with E-state index in [4.69, 9.17) is 4.74 Å². The first-order valence-corrected chi connectivity index (χ1v) is 10.3. The maximum absolute atomic E-state index is 12.5. The van der Waals surface area contributed by atoms with Gasteiger partial charge in [0, 0.05) is 58.4 Å². The fraction of sp³-hybridized carbons (Fsp3) is 0.391. The highest BCUT2D eigenvalue weighted by Gasteiger charge is 2.20. The van der Waals surface area contributed by atoms with Crippen LogP contribution in [-0.2, 0) is 11.3 Å². The van der Waals surface area contributed by atoms with E-state index in [9.17, 15) is 4.79 Å². The number of hydrogen-bond donors (Lipinski definition) is 2. The van der Waals surface area contributed by atoms with Gasteiger partial charge in [0.25, 0.3) is 0 Å². The highest BCUT2D eigenvalue weighted by atomic mass is 16.5. The van der Waals surface area contributed by atoms with Crippen LogP contribution in [-0.4, -0.2) is 63.6 Å². The van der Waals surface area contributed by atoms with Crippen LogP contribution >= 0.6 is 0 Å². The number of rotatable bonds is 7. The molecule has 1 aliphatic heterocycles. The van der Waals surface area contributed by atoms with Gasteiger partial charge in [-0.3, -0.25) is 9.79 Å². The van der Waals surface area contributed by atoms with Crippen LogP contribution in [0.4, 0.5) is 5.69 Å². The molecule has 7 nitrogen and oxygen atoms in total. The third kappa shape index (κ3) is 6.14. The number of methoxy groups -OCH3 is 1. The molecule has 1 amide bonds. The Morgan fingerprint density at radius 3 is 2.33 bits per heavy atom. The predicted molar refractivity (Wildman–Crippen MR) is 121 cm³/mol. The Morgan fingerprint density at radius 1 is 1.00 bits per heavy atom. The number of carbonyl (C=O) groups is 1. The highest BCUT2D eigenvalue weighted by molar-refractivity contribution is 5.81. The monoisotopic (exact) mass is 409 g/mol. The van der Waals surface area contributed by atoms with Crippen molar-refractivity contribution in [2.24, 2.45) is 4.99 Å². The number of para-hydroxylation sites is 1. The topological polar surface area (TPSA) is 69.2 Å². The van der Waals surface area contributed by atoms with Crippen LogP contribution < -0.4 is 20.3 Å². The fourth-order valence-corrected chi connectivity index (χ4v) is 3.45. The molecule has 1 fully saturated rings. The molecule has 0 saturated carbocycles. The van der Waals surface area contributed by atoms with Gasteiger partial charge in [0.2, 0.25) is 5.91 Å². The van der Waals surface area contributed by atoms with Crippen molar-refractivity contribution in [3.8, 4) is 5.75 Å². The van der Waals surface area contributed by atoms with Crippen molar-refractivity contribution in [2.45, 2.75) is 13.0 Å². The summed E-state index contributed by atoms with van der Waals surface area (Å²) in [4.78, 5) is 21.1. The standard InChI is InChI=1S/C23H31N5O2/c1-24-23(26-18-19-8-10-21(30-2)11-9-19)25-13-12-22(29)28-16-14-27(15-17-28)20-6-4-3-5-7-20/h3-11H,12-18H2,1-2H3,(H2,24,25,26). The van der Waals surface area contributed by atoms with Crippen LogP contribution in [0.2, 0.25) is 0 Å². The molecule has 1 saturated heterocycles.